The highest BCUT2D eigenvalue weighted by Gasteiger charge is 2.31. The maximum Gasteiger partial charge on any atom is 0.225 e. The van der Waals surface area contributed by atoms with Crippen molar-refractivity contribution in [3.63, 3.8) is 0 Å². The number of guanidine groups is 1. The molecule has 0 radical (unpaired) electrons. The van der Waals surface area contributed by atoms with Gasteiger partial charge in [0.1, 0.15) is 5.75 Å². The van der Waals surface area contributed by atoms with Gasteiger partial charge in [-0.15, -0.1) is 24.0 Å². The maximum atomic E-state index is 12.8. The Morgan fingerprint density at radius 1 is 1.23 bits per heavy atom. The molecule has 3 rings (SSSR count). The van der Waals surface area contributed by atoms with Crippen molar-refractivity contribution in [3.8, 4) is 5.75 Å². The Balaban J connectivity index is 0.00000341. The fraction of sp³-hybridized carbons (Fsp3) is 0.667. The van der Waals surface area contributed by atoms with Crippen LogP contribution in [0.4, 0.5) is 0 Å². The number of benzene rings is 1. The Morgan fingerprint density at radius 3 is 2.68 bits per heavy atom. The predicted octanol–water partition coefficient (Wildman–Crippen LogP) is 4.15. The molecule has 1 amide bonds. The number of aliphatic imine (C=N–C) groups is 1. The first-order valence-corrected chi connectivity index (χ1v) is 11.6. The number of nitrogens with zero attached hydrogens (tertiary/aromatic N) is 2. The topological polar surface area (TPSA) is 66.0 Å². The normalized spacial score (nSPS) is 20.7. The molecule has 1 saturated carbocycles. The SMILES string of the molecule is CCNC(=NCC(C)c1ccccc1OC)NC1CCN(C(=O)C2CCCCC2)C1.I. The van der Waals surface area contributed by atoms with Gasteiger partial charge in [0.05, 0.1) is 7.11 Å². The number of hydrogen-bond donors (Lipinski definition) is 2. The summed E-state index contributed by atoms with van der Waals surface area (Å²) in [7, 11) is 1.71. The Kier molecular flexibility index (Phi) is 10.9. The zero-order chi connectivity index (χ0) is 21.3. The largest absolute Gasteiger partial charge is 0.496 e. The lowest BCUT2D eigenvalue weighted by Crippen LogP contribution is -2.45. The summed E-state index contributed by atoms with van der Waals surface area (Å²) in [4.78, 5) is 19.7. The third-order valence-electron chi connectivity index (χ3n) is 6.33. The fourth-order valence-electron chi connectivity index (χ4n) is 4.60. The van der Waals surface area contributed by atoms with Gasteiger partial charge >= 0.3 is 0 Å². The number of carbonyl (C=O) groups is 1. The zero-order valence-corrected chi connectivity index (χ0v) is 21.6. The van der Waals surface area contributed by atoms with Crippen LogP contribution in [0.1, 0.15) is 63.9 Å². The van der Waals surface area contributed by atoms with Gasteiger partial charge in [0, 0.05) is 44.1 Å². The lowest BCUT2D eigenvalue weighted by atomic mass is 9.88. The molecular weight excluding hydrogens is 503 g/mol. The minimum absolute atomic E-state index is 0. The molecule has 0 spiro atoms. The Morgan fingerprint density at radius 2 is 1.97 bits per heavy atom. The number of halogens is 1. The van der Waals surface area contributed by atoms with Crippen LogP contribution >= 0.6 is 24.0 Å². The minimum Gasteiger partial charge on any atom is -0.496 e. The molecule has 2 unspecified atom stereocenters. The van der Waals surface area contributed by atoms with Crippen LogP contribution in [0.2, 0.25) is 0 Å². The van der Waals surface area contributed by atoms with Crippen molar-refractivity contribution in [3.05, 3.63) is 29.8 Å². The van der Waals surface area contributed by atoms with Gasteiger partial charge in [-0.2, -0.15) is 0 Å². The lowest BCUT2D eigenvalue weighted by Gasteiger charge is -2.26. The van der Waals surface area contributed by atoms with Crippen LogP contribution in [0.25, 0.3) is 0 Å². The van der Waals surface area contributed by atoms with Gasteiger partial charge in [0.2, 0.25) is 5.91 Å². The van der Waals surface area contributed by atoms with E-state index in [1.165, 1.54) is 24.8 Å². The van der Waals surface area contributed by atoms with Crippen LogP contribution in [-0.2, 0) is 4.79 Å². The second-order valence-electron chi connectivity index (χ2n) is 8.61. The van der Waals surface area contributed by atoms with Crippen molar-refractivity contribution >= 4 is 35.8 Å². The molecular formula is C24H39IN4O2. The van der Waals surface area contributed by atoms with E-state index in [-0.39, 0.29) is 41.9 Å². The number of nitrogens with one attached hydrogen (secondary N) is 2. The maximum absolute atomic E-state index is 12.8. The summed E-state index contributed by atoms with van der Waals surface area (Å²) >= 11 is 0. The van der Waals surface area contributed by atoms with Crippen LogP contribution in [0, 0.1) is 5.92 Å². The zero-order valence-electron chi connectivity index (χ0n) is 19.2. The standard InChI is InChI=1S/C24H38N4O2.HI/c1-4-25-24(26-16-18(2)21-12-8-9-13-22(21)30-3)27-20-14-15-28(17-20)23(29)19-10-6-5-7-11-19;/h8-9,12-13,18-20H,4-7,10-11,14-17H2,1-3H3,(H2,25,26,27);1H. The molecule has 2 N–H and O–H groups in total. The van der Waals surface area contributed by atoms with Gasteiger partial charge in [0.15, 0.2) is 5.96 Å². The molecule has 6 nitrogen and oxygen atoms in total. The molecule has 1 aliphatic heterocycles. The molecule has 31 heavy (non-hydrogen) atoms. The van der Waals surface area contributed by atoms with E-state index in [1.807, 2.05) is 18.2 Å². The number of methoxy groups -OCH3 is 1. The quantitative estimate of drug-likeness (QED) is 0.309. The number of carbonyl (C=O) groups excluding carboxylic acids is 1. The molecule has 1 aliphatic carbocycles. The number of para-hydroxylation sites is 1. The Labute approximate surface area is 204 Å². The van der Waals surface area contributed by atoms with Crippen molar-refractivity contribution in [2.75, 3.05) is 33.3 Å². The molecule has 2 atom stereocenters. The third kappa shape index (κ3) is 7.26. The third-order valence-corrected chi connectivity index (χ3v) is 6.33. The summed E-state index contributed by atoms with van der Waals surface area (Å²) in [5.74, 6) is 2.61. The molecule has 1 heterocycles. The summed E-state index contributed by atoms with van der Waals surface area (Å²) < 4.78 is 5.50. The summed E-state index contributed by atoms with van der Waals surface area (Å²) in [6.45, 7) is 7.37. The number of rotatable bonds is 7. The predicted molar refractivity (Wildman–Crippen MR) is 137 cm³/mol. The molecule has 2 fully saturated rings. The average Bonchev–Trinajstić information content (AvgIpc) is 3.26. The molecule has 174 valence electrons. The molecule has 1 aromatic rings. The second kappa shape index (κ2) is 13.1. The number of hydrogen-bond acceptors (Lipinski definition) is 3. The molecule has 1 saturated heterocycles. The first kappa shape index (κ1) is 25.7. The Hall–Kier alpha value is -1.51. The van der Waals surface area contributed by atoms with E-state index in [9.17, 15) is 4.79 Å². The van der Waals surface area contributed by atoms with E-state index >= 15 is 0 Å². The van der Waals surface area contributed by atoms with Gasteiger partial charge in [-0.3, -0.25) is 9.79 Å². The van der Waals surface area contributed by atoms with E-state index in [2.05, 4.69) is 35.4 Å². The Bertz CT molecular complexity index is 721. The van der Waals surface area contributed by atoms with Crippen molar-refractivity contribution in [2.45, 2.75) is 64.3 Å². The molecule has 1 aromatic carbocycles. The van der Waals surface area contributed by atoms with Gasteiger partial charge < -0.3 is 20.3 Å². The van der Waals surface area contributed by atoms with Crippen molar-refractivity contribution in [1.82, 2.24) is 15.5 Å². The highest BCUT2D eigenvalue weighted by molar-refractivity contribution is 14.0. The summed E-state index contributed by atoms with van der Waals surface area (Å²) in [5, 5.41) is 6.91. The van der Waals surface area contributed by atoms with E-state index in [0.717, 1.165) is 50.6 Å². The fourth-order valence-corrected chi connectivity index (χ4v) is 4.60. The molecule has 0 aromatic heterocycles. The van der Waals surface area contributed by atoms with E-state index in [1.54, 1.807) is 7.11 Å². The van der Waals surface area contributed by atoms with Crippen molar-refractivity contribution < 1.29 is 9.53 Å². The van der Waals surface area contributed by atoms with Crippen LogP contribution in [0.5, 0.6) is 5.75 Å². The van der Waals surface area contributed by atoms with Gasteiger partial charge in [-0.05, 0) is 37.8 Å². The highest BCUT2D eigenvalue weighted by atomic mass is 127. The van der Waals surface area contributed by atoms with E-state index in [0.29, 0.717) is 12.5 Å². The first-order chi connectivity index (χ1) is 14.6. The summed E-state index contributed by atoms with van der Waals surface area (Å²) in [5.41, 5.74) is 1.17. The molecule has 2 aliphatic rings. The van der Waals surface area contributed by atoms with Crippen LogP contribution < -0.4 is 15.4 Å². The summed E-state index contributed by atoms with van der Waals surface area (Å²) in [6.07, 6.45) is 6.80. The smallest absolute Gasteiger partial charge is 0.225 e. The highest BCUT2D eigenvalue weighted by Crippen LogP contribution is 2.27. The van der Waals surface area contributed by atoms with Crippen molar-refractivity contribution in [2.24, 2.45) is 10.9 Å². The summed E-state index contributed by atoms with van der Waals surface area (Å²) in [6, 6.07) is 8.39. The van der Waals surface area contributed by atoms with E-state index in [4.69, 9.17) is 9.73 Å². The number of amides is 1. The number of likely N-dealkylation sites (tertiary alicyclic amines) is 1. The van der Waals surface area contributed by atoms with Gasteiger partial charge in [0.25, 0.3) is 0 Å². The number of ether oxygens (including phenoxy) is 1. The molecule has 7 heteroatoms. The van der Waals surface area contributed by atoms with Crippen LogP contribution in [0.3, 0.4) is 0 Å². The molecule has 0 bridgehead atoms. The van der Waals surface area contributed by atoms with E-state index < -0.39 is 0 Å². The second-order valence-corrected chi connectivity index (χ2v) is 8.61. The monoisotopic (exact) mass is 542 g/mol. The minimum atomic E-state index is 0. The first-order valence-electron chi connectivity index (χ1n) is 11.6. The average molecular weight is 543 g/mol. The van der Waals surface area contributed by atoms with Gasteiger partial charge in [-0.25, -0.2) is 0 Å². The van der Waals surface area contributed by atoms with Crippen LogP contribution in [0.15, 0.2) is 29.3 Å². The van der Waals surface area contributed by atoms with Crippen LogP contribution in [-0.4, -0.2) is 56.1 Å². The van der Waals surface area contributed by atoms with Crippen molar-refractivity contribution in [1.29, 1.82) is 0 Å². The lowest BCUT2D eigenvalue weighted by molar-refractivity contribution is -0.135. The van der Waals surface area contributed by atoms with Gasteiger partial charge in [-0.1, -0.05) is 44.4 Å².